The van der Waals surface area contributed by atoms with Crippen LogP contribution in [-0.4, -0.2) is 50.7 Å². The number of nitrogens with zero attached hydrogens (tertiary/aromatic N) is 1. The van der Waals surface area contributed by atoms with Gasteiger partial charge in [0.05, 0.1) is 5.92 Å². The molecule has 1 aromatic rings. The molecular formula is C23H34ClN3O3. The number of hydrogen-bond donors (Lipinski definition) is 2. The third-order valence-corrected chi connectivity index (χ3v) is 6.75. The lowest BCUT2D eigenvalue weighted by Crippen LogP contribution is -2.50. The Morgan fingerprint density at radius 2 is 2.00 bits per heavy atom. The van der Waals surface area contributed by atoms with Crippen LogP contribution < -0.4 is 15.5 Å². The van der Waals surface area contributed by atoms with Crippen molar-refractivity contribution in [2.24, 2.45) is 11.8 Å². The SMILES string of the molecule is CCc1c(C(=O)NCC2C(=O)NC(C)CC2C)cc(Cl)cc1N(C)C1CCOCC1. The quantitative estimate of drug-likeness (QED) is 0.718. The molecule has 2 N–H and O–H groups in total. The molecule has 1 aromatic carbocycles. The zero-order chi connectivity index (χ0) is 21.8. The summed E-state index contributed by atoms with van der Waals surface area (Å²) in [5.41, 5.74) is 2.58. The summed E-state index contributed by atoms with van der Waals surface area (Å²) in [6, 6.07) is 4.24. The number of halogens is 1. The molecule has 0 saturated carbocycles. The molecule has 0 aromatic heterocycles. The Labute approximate surface area is 184 Å². The number of carbonyl (C=O) groups excluding carboxylic acids is 2. The van der Waals surface area contributed by atoms with E-state index in [1.54, 1.807) is 6.07 Å². The van der Waals surface area contributed by atoms with Crippen LogP contribution in [0.15, 0.2) is 12.1 Å². The molecule has 7 heteroatoms. The predicted octanol–water partition coefficient (Wildman–Crippen LogP) is 3.41. The monoisotopic (exact) mass is 435 g/mol. The minimum absolute atomic E-state index is 0.0169. The lowest BCUT2D eigenvalue weighted by molar-refractivity contribution is -0.129. The van der Waals surface area contributed by atoms with Crippen molar-refractivity contribution in [1.82, 2.24) is 10.6 Å². The molecular weight excluding hydrogens is 402 g/mol. The molecule has 3 atom stereocenters. The summed E-state index contributed by atoms with van der Waals surface area (Å²) in [6.07, 6.45) is 3.56. The summed E-state index contributed by atoms with van der Waals surface area (Å²) in [4.78, 5) is 27.7. The molecule has 166 valence electrons. The van der Waals surface area contributed by atoms with E-state index in [1.807, 2.05) is 13.0 Å². The van der Waals surface area contributed by atoms with Gasteiger partial charge in [-0.05, 0) is 56.2 Å². The first-order valence-corrected chi connectivity index (χ1v) is 11.4. The Bertz CT molecular complexity index is 779. The van der Waals surface area contributed by atoms with Gasteiger partial charge < -0.3 is 20.3 Å². The topological polar surface area (TPSA) is 70.7 Å². The van der Waals surface area contributed by atoms with Crippen molar-refractivity contribution in [2.45, 2.75) is 58.5 Å². The summed E-state index contributed by atoms with van der Waals surface area (Å²) in [5, 5.41) is 6.53. The van der Waals surface area contributed by atoms with Gasteiger partial charge in [0.25, 0.3) is 5.91 Å². The Morgan fingerprint density at radius 3 is 2.63 bits per heavy atom. The number of amides is 2. The van der Waals surface area contributed by atoms with Crippen molar-refractivity contribution >= 4 is 29.1 Å². The van der Waals surface area contributed by atoms with E-state index in [0.29, 0.717) is 23.2 Å². The minimum atomic E-state index is -0.209. The minimum Gasteiger partial charge on any atom is -0.381 e. The summed E-state index contributed by atoms with van der Waals surface area (Å²) in [5.74, 6) is -0.133. The lowest BCUT2D eigenvalue weighted by Gasteiger charge is -2.35. The molecule has 0 radical (unpaired) electrons. The van der Waals surface area contributed by atoms with Gasteiger partial charge in [-0.2, -0.15) is 0 Å². The van der Waals surface area contributed by atoms with Crippen LogP contribution in [0, 0.1) is 11.8 Å². The maximum absolute atomic E-state index is 13.1. The third kappa shape index (κ3) is 5.09. The van der Waals surface area contributed by atoms with E-state index in [2.05, 4.69) is 36.4 Å². The average Bonchev–Trinajstić information content (AvgIpc) is 2.72. The number of nitrogens with one attached hydrogen (secondary N) is 2. The molecule has 0 aliphatic carbocycles. The average molecular weight is 436 g/mol. The standard InChI is InChI=1S/C23H34ClN3O3/c1-5-18-19(22(28)25-13-20-14(2)10-15(3)26-23(20)29)11-16(24)12-21(18)27(4)17-6-8-30-9-7-17/h11-12,14-15,17,20H,5-10,13H2,1-4H3,(H,25,28)(H,26,29). The van der Waals surface area contributed by atoms with Crippen LogP contribution in [0.3, 0.4) is 0 Å². The summed E-state index contributed by atoms with van der Waals surface area (Å²) < 4.78 is 5.49. The molecule has 3 unspecified atom stereocenters. The Balaban J connectivity index is 1.78. The fourth-order valence-electron chi connectivity index (χ4n) is 4.76. The van der Waals surface area contributed by atoms with Gasteiger partial charge >= 0.3 is 0 Å². The molecule has 2 aliphatic rings. The summed E-state index contributed by atoms with van der Waals surface area (Å²) in [7, 11) is 2.07. The number of benzene rings is 1. The number of piperidine rings is 1. The molecule has 3 rings (SSSR count). The number of carbonyl (C=O) groups is 2. The zero-order valence-corrected chi connectivity index (χ0v) is 19.2. The molecule has 2 amide bonds. The van der Waals surface area contributed by atoms with Gasteiger partial charge in [-0.3, -0.25) is 9.59 Å². The number of ether oxygens (including phenoxy) is 1. The zero-order valence-electron chi connectivity index (χ0n) is 18.5. The van der Waals surface area contributed by atoms with E-state index >= 15 is 0 Å². The van der Waals surface area contributed by atoms with E-state index in [4.69, 9.17) is 16.3 Å². The van der Waals surface area contributed by atoms with Crippen LogP contribution in [-0.2, 0) is 16.0 Å². The fraction of sp³-hybridized carbons (Fsp3) is 0.652. The maximum atomic E-state index is 13.1. The van der Waals surface area contributed by atoms with Gasteiger partial charge in [-0.15, -0.1) is 0 Å². The molecule has 30 heavy (non-hydrogen) atoms. The first kappa shape index (κ1) is 22.9. The van der Waals surface area contributed by atoms with E-state index in [-0.39, 0.29) is 29.7 Å². The first-order valence-electron chi connectivity index (χ1n) is 11.0. The fourth-order valence-corrected chi connectivity index (χ4v) is 4.97. The maximum Gasteiger partial charge on any atom is 0.251 e. The lowest BCUT2D eigenvalue weighted by atomic mass is 9.84. The second-order valence-corrected chi connectivity index (χ2v) is 9.13. The summed E-state index contributed by atoms with van der Waals surface area (Å²) >= 11 is 6.42. The van der Waals surface area contributed by atoms with Crippen molar-refractivity contribution < 1.29 is 14.3 Å². The highest BCUT2D eigenvalue weighted by Crippen LogP contribution is 2.32. The van der Waals surface area contributed by atoms with Crippen molar-refractivity contribution in [1.29, 1.82) is 0 Å². The predicted molar refractivity (Wildman–Crippen MR) is 120 cm³/mol. The van der Waals surface area contributed by atoms with Gasteiger partial charge in [0.15, 0.2) is 0 Å². The number of hydrogen-bond acceptors (Lipinski definition) is 4. The molecule has 2 fully saturated rings. The molecule has 0 spiro atoms. The summed E-state index contributed by atoms with van der Waals surface area (Å²) in [6.45, 7) is 7.98. The van der Waals surface area contributed by atoms with Crippen LogP contribution in [0.4, 0.5) is 5.69 Å². The van der Waals surface area contributed by atoms with Gasteiger partial charge in [0.2, 0.25) is 5.91 Å². The Kier molecular flexibility index (Phi) is 7.64. The normalized spacial score (nSPS) is 25.0. The molecule has 6 nitrogen and oxygen atoms in total. The highest BCUT2D eigenvalue weighted by atomic mass is 35.5. The van der Waals surface area contributed by atoms with Crippen molar-refractivity contribution in [2.75, 3.05) is 31.7 Å². The number of anilines is 1. The Hall–Kier alpha value is -1.79. The highest BCUT2D eigenvalue weighted by Gasteiger charge is 2.32. The van der Waals surface area contributed by atoms with Crippen molar-refractivity contribution in [3.8, 4) is 0 Å². The molecule has 2 saturated heterocycles. The van der Waals surface area contributed by atoms with Gasteiger partial charge in [-0.1, -0.05) is 25.4 Å². The second-order valence-electron chi connectivity index (χ2n) is 8.70. The van der Waals surface area contributed by atoms with E-state index in [9.17, 15) is 9.59 Å². The smallest absolute Gasteiger partial charge is 0.251 e. The highest BCUT2D eigenvalue weighted by molar-refractivity contribution is 6.31. The van der Waals surface area contributed by atoms with E-state index < -0.39 is 0 Å². The van der Waals surface area contributed by atoms with Crippen molar-refractivity contribution in [3.63, 3.8) is 0 Å². The molecule has 0 bridgehead atoms. The number of rotatable bonds is 6. The van der Waals surface area contributed by atoms with Crippen LogP contribution in [0.25, 0.3) is 0 Å². The molecule has 2 heterocycles. The van der Waals surface area contributed by atoms with E-state index in [0.717, 1.165) is 50.1 Å². The van der Waals surface area contributed by atoms with Crippen LogP contribution >= 0.6 is 11.6 Å². The third-order valence-electron chi connectivity index (χ3n) is 6.53. The Morgan fingerprint density at radius 1 is 1.30 bits per heavy atom. The van der Waals surface area contributed by atoms with Crippen LogP contribution in [0.5, 0.6) is 0 Å². The second kappa shape index (κ2) is 10.0. The van der Waals surface area contributed by atoms with Gasteiger partial charge in [-0.25, -0.2) is 0 Å². The molecule has 2 aliphatic heterocycles. The van der Waals surface area contributed by atoms with E-state index in [1.165, 1.54) is 0 Å². The van der Waals surface area contributed by atoms with Crippen LogP contribution in [0.2, 0.25) is 5.02 Å². The van der Waals surface area contributed by atoms with Gasteiger partial charge in [0, 0.05) is 55.2 Å². The van der Waals surface area contributed by atoms with Crippen LogP contribution in [0.1, 0.15) is 56.0 Å². The first-order chi connectivity index (χ1) is 14.3. The van der Waals surface area contributed by atoms with Crippen molar-refractivity contribution in [3.05, 3.63) is 28.3 Å². The van der Waals surface area contributed by atoms with Gasteiger partial charge in [0.1, 0.15) is 0 Å². The largest absolute Gasteiger partial charge is 0.381 e.